The lowest BCUT2D eigenvalue weighted by Gasteiger charge is -2.42. The lowest BCUT2D eigenvalue weighted by atomic mass is 9.68. The van der Waals surface area contributed by atoms with Crippen LogP contribution in [0.4, 0.5) is 0 Å². The smallest absolute Gasteiger partial charge is 0.137 e. The van der Waals surface area contributed by atoms with Gasteiger partial charge in [0.15, 0.2) is 0 Å². The molecule has 32 heavy (non-hydrogen) atoms. The molecule has 6 nitrogen and oxygen atoms in total. The van der Waals surface area contributed by atoms with Gasteiger partial charge in [-0.15, -0.1) is 0 Å². The molecular formula is C26H30N2O4. The topological polar surface area (TPSA) is 98.7 Å². The van der Waals surface area contributed by atoms with Crippen LogP contribution >= 0.6 is 0 Å². The summed E-state index contributed by atoms with van der Waals surface area (Å²) in [7, 11) is 0. The number of rotatable bonds is 8. The molecule has 1 aliphatic carbocycles. The monoisotopic (exact) mass is 434 g/mol. The zero-order valence-corrected chi connectivity index (χ0v) is 18.2. The van der Waals surface area contributed by atoms with E-state index in [0.29, 0.717) is 24.6 Å². The van der Waals surface area contributed by atoms with Crippen molar-refractivity contribution in [1.29, 1.82) is 0 Å². The van der Waals surface area contributed by atoms with Crippen molar-refractivity contribution in [3.05, 3.63) is 84.0 Å². The van der Waals surface area contributed by atoms with Crippen LogP contribution in [0.25, 0.3) is 17.2 Å². The minimum Gasteiger partial charge on any atom is -0.394 e. The van der Waals surface area contributed by atoms with E-state index < -0.39 is 11.7 Å². The fraction of sp³-hybridized carbons (Fsp3) is 0.346. The molecule has 6 heteroatoms. The van der Waals surface area contributed by atoms with Crippen LogP contribution in [0.15, 0.2) is 67.0 Å². The average Bonchev–Trinajstić information content (AvgIpc) is 3.28. The molecule has 4 N–H and O–H groups in total. The van der Waals surface area contributed by atoms with E-state index in [-0.39, 0.29) is 19.3 Å². The van der Waals surface area contributed by atoms with Crippen LogP contribution in [0.2, 0.25) is 0 Å². The Hall–Kier alpha value is -2.77. The highest BCUT2D eigenvalue weighted by Gasteiger charge is 2.42. The highest BCUT2D eigenvalue weighted by Crippen LogP contribution is 2.44. The lowest BCUT2D eigenvalue weighted by molar-refractivity contribution is -0.0866. The molecule has 0 amide bonds. The lowest BCUT2D eigenvalue weighted by Crippen LogP contribution is -2.45. The maximum Gasteiger partial charge on any atom is 0.137 e. The molecule has 0 aliphatic heterocycles. The molecule has 168 valence electrons. The fourth-order valence-corrected chi connectivity index (χ4v) is 4.35. The first-order chi connectivity index (χ1) is 15.4. The van der Waals surface area contributed by atoms with Gasteiger partial charge in [0.25, 0.3) is 0 Å². The largest absolute Gasteiger partial charge is 0.394 e. The molecule has 2 aromatic carbocycles. The summed E-state index contributed by atoms with van der Waals surface area (Å²) in [5.41, 5.74) is 3.53. The Balaban J connectivity index is 1.42. The zero-order chi connectivity index (χ0) is 22.7. The van der Waals surface area contributed by atoms with Gasteiger partial charge >= 0.3 is 0 Å². The predicted molar refractivity (Wildman–Crippen MR) is 124 cm³/mol. The van der Waals surface area contributed by atoms with Gasteiger partial charge in [-0.2, -0.15) is 0 Å². The van der Waals surface area contributed by atoms with E-state index in [1.54, 1.807) is 23.9 Å². The molecule has 1 aliphatic rings. The van der Waals surface area contributed by atoms with Crippen LogP contribution in [-0.4, -0.2) is 48.8 Å². The minimum absolute atomic E-state index is 0.0896. The van der Waals surface area contributed by atoms with E-state index in [2.05, 4.69) is 41.4 Å². The summed E-state index contributed by atoms with van der Waals surface area (Å²) in [4.78, 5) is 4.17. The SMILES string of the molecule is C[C@H](O)c1nccn1[C@@H](/C=C/c1ccc(-c2ccc(C3CC(O)(CO)C3)cc2)cc1)CO. The van der Waals surface area contributed by atoms with Gasteiger partial charge in [-0.25, -0.2) is 4.98 Å². The molecule has 1 saturated carbocycles. The number of benzene rings is 2. The van der Waals surface area contributed by atoms with E-state index in [1.165, 1.54) is 5.56 Å². The summed E-state index contributed by atoms with van der Waals surface area (Å²) >= 11 is 0. The van der Waals surface area contributed by atoms with Crippen LogP contribution in [0.1, 0.15) is 54.8 Å². The van der Waals surface area contributed by atoms with Gasteiger partial charge in [-0.05, 0) is 47.9 Å². The standard InChI is InChI=1S/C26H30N2O4/c1-18(31)25-27-12-13-28(25)24(16-29)11-4-19-2-5-20(6-3-19)21-7-9-22(10-8-21)23-14-26(32,15-23)17-30/h2-13,18,23-24,29-32H,14-17H2,1H3/b11-4+/t18-,23?,24-,26?/m0/s1. The Morgan fingerprint density at radius 3 is 2.25 bits per heavy atom. The Morgan fingerprint density at radius 2 is 1.69 bits per heavy atom. The molecule has 1 heterocycles. The molecular weight excluding hydrogens is 404 g/mol. The number of nitrogens with zero attached hydrogens (tertiary/aromatic N) is 2. The summed E-state index contributed by atoms with van der Waals surface area (Å²) < 4.78 is 1.78. The molecule has 0 bridgehead atoms. The van der Waals surface area contributed by atoms with Gasteiger partial charge in [0.05, 0.1) is 24.9 Å². The molecule has 0 radical (unpaired) electrons. The summed E-state index contributed by atoms with van der Waals surface area (Å²) in [5.74, 6) is 0.827. The van der Waals surface area contributed by atoms with Crippen LogP contribution in [0.5, 0.6) is 0 Å². The van der Waals surface area contributed by atoms with Gasteiger partial charge < -0.3 is 25.0 Å². The van der Waals surface area contributed by atoms with Crippen molar-refractivity contribution in [2.75, 3.05) is 13.2 Å². The van der Waals surface area contributed by atoms with E-state index in [1.807, 2.05) is 24.3 Å². The van der Waals surface area contributed by atoms with E-state index in [0.717, 1.165) is 16.7 Å². The molecule has 0 spiro atoms. The third kappa shape index (κ3) is 4.69. The third-order valence-electron chi connectivity index (χ3n) is 6.30. The summed E-state index contributed by atoms with van der Waals surface area (Å²) in [5, 5.41) is 38.9. The second-order valence-electron chi connectivity index (χ2n) is 8.71. The summed E-state index contributed by atoms with van der Waals surface area (Å²) in [6.45, 7) is 1.39. The number of hydrogen-bond donors (Lipinski definition) is 4. The highest BCUT2D eigenvalue weighted by atomic mass is 16.3. The zero-order valence-electron chi connectivity index (χ0n) is 18.2. The number of aliphatic hydroxyl groups excluding tert-OH is 3. The van der Waals surface area contributed by atoms with Crippen LogP contribution in [-0.2, 0) is 0 Å². The van der Waals surface area contributed by atoms with E-state index >= 15 is 0 Å². The molecule has 3 aromatic rings. The van der Waals surface area contributed by atoms with Crippen LogP contribution < -0.4 is 0 Å². The molecule has 0 saturated heterocycles. The maximum atomic E-state index is 10.0. The number of aromatic nitrogens is 2. The van der Waals surface area contributed by atoms with Crippen molar-refractivity contribution in [2.24, 2.45) is 0 Å². The molecule has 4 rings (SSSR count). The van der Waals surface area contributed by atoms with Crippen molar-refractivity contribution in [2.45, 2.75) is 43.4 Å². The normalized spacial score (nSPS) is 22.6. The second kappa shape index (κ2) is 9.38. The Kier molecular flexibility index (Phi) is 6.58. The molecule has 1 fully saturated rings. The quantitative estimate of drug-likeness (QED) is 0.435. The Bertz CT molecular complexity index is 1050. The van der Waals surface area contributed by atoms with Gasteiger partial charge in [0.1, 0.15) is 11.9 Å². The van der Waals surface area contributed by atoms with Gasteiger partial charge in [-0.1, -0.05) is 60.7 Å². The van der Waals surface area contributed by atoms with Gasteiger partial charge in [0.2, 0.25) is 0 Å². The third-order valence-corrected chi connectivity index (χ3v) is 6.30. The predicted octanol–water partition coefficient (Wildman–Crippen LogP) is 3.45. The van der Waals surface area contributed by atoms with Gasteiger partial charge in [0, 0.05) is 12.4 Å². The maximum absolute atomic E-state index is 10.0. The first kappa shape index (κ1) is 22.4. The van der Waals surface area contributed by atoms with E-state index in [4.69, 9.17) is 0 Å². The van der Waals surface area contributed by atoms with Crippen LogP contribution in [0, 0.1) is 0 Å². The molecule has 0 unspecified atom stereocenters. The highest BCUT2D eigenvalue weighted by molar-refractivity contribution is 5.66. The number of imidazole rings is 1. The number of hydrogen-bond acceptors (Lipinski definition) is 5. The first-order valence-electron chi connectivity index (χ1n) is 11.0. The van der Waals surface area contributed by atoms with E-state index in [9.17, 15) is 20.4 Å². The minimum atomic E-state index is -0.905. The Morgan fingerprint density at radius 1 is 1.06 bits per heavy atom. The van der Waals surface area contributed by atoms with Crippen molar-refractivity contribution < 1.29 is 20.4 Å². The molecule has 1 aromatic heterocycles. The van der Waals surface area contributed by atoms with Crippen molar-refractivity contribution >= 4 is 6.08 Å². The van der Waals surface area contributed by atoms with Crippen molar-refractivity contribution in [3.8, 4) is 11.1 Å². The summed E-state index contributed by atoms with van der Waals surface area (Å²) in [6, 6.07) is 16.3. The van der Waals surface area contributed by atoms with Crippen LogP contribution in [0.3, 0.4) is 0 Å². The van der Waals surface area contributed by atoms with Crippen molar-refractivity contribution in [1.82, 2.24) is 9.55 Å². The summed E-state index contributed by atoms with van der Waals surface area (Å²) in [6.07, 6.45) is 7.75. The fourth-order valence-electron chi connectivity index (χ4n) is 4.35. The van der Waals surface area contributed by atoms with Gasteiger partial charge in [-0.3, -0.25) is 0 Å². The average molecular weight is 435 g/mol. The Labute approximate surface area is 188 Å². The second-order valence-corrected chi connectivity index (χ2v) is 8.71. The number of aliphatic hydroxyl groups is 4. The first-order valence-corrected chi connectivity index (χ1v) is 11.0. The van der Waals surface area contributed by atoms with Crippen molar-refractivity contribution in [3.63, 3.8) is 0 Å². The molecule has 2 atom stereocenters.